The van der Waals surface area contributed by atoms with Crippen LogP contribution in [0.3, 0.4) is 0 Å². The number of rotatable bonds is 9. The minimum Gasteiger partial charge on any atom is -0.356 e. The van der Waals surface area contributed by atoms with Gasteiger partial charge in [0, 0.05) is 32.5 Å². The Labute approximate surface area is 200 Å². The average molecular weight is 532 g/mol. The van der Waals surface area contributed by atoms with E-state index in [1.807, 2.05) is 35.1 Å². The SMILES string of the molecule is CN=C(NCCc1ccc(-n2cccn2)cc1)NCC(=O)NCCc1ccccc1.I. The molecule has 0 spiro atoms. The van der Waals surface area contributed by atoms with Crippen LogP contribution in [0.2, 0.25) is 0 Å². The standard InChI is InChI=1S/C23H28N6O.HI/c1-24-23(27-18-22(30)25-15-12-19-6-3-2-4-7-19)26-16-13-20-8-10-21(11-9-20)29-17-5-14-28-29;/h2-11,14,17H,12-13,15-16,18H2,1H3,(H,25,30)(H2,24,26,27);1H. The summed E-state index contributed by atoms with van der Waals surface area (Å²) in [4.78, 5) is 16.2. The second-order valence-electron chi connectivity index (χ2n) is 6.81. The van der Waals surface area contributed by atoms with E-state index in [1.165, 1.54) is 11.1 Å². The van der Waals surface area contributed by atoms with E-state index in [0.29, 0.717) is 12.5 Å². The molecule has 3 aromatic rings. The number of hydrogen-bond acceptors (Lipinski definition) is 3. The van der Waals surface area contributed by atoms with Crippen molar-refractivity contribution >= 4 is 35.8 Å². The van der Waals surface area contributed by atoms with Gasteiger partial charge >= 0.3 is 0 Å². The molecule has 31 heavy (non-hydrogen) atoms. The van der Waals surface area contributed by atoms with E-state index in [2.05, 4.69) is 62.4 Å². The van der Waals surface area contributed by atoms with Gasteiger partial charge in [0.2, 0.25) is 5.91 Å². The van der Waals surface area contributed by atoms with Crippen LogP contribution in [-0.2, 0) is 17.6 Å². The Balaban J connectivity index is 0.00000341. The van der Waals surface area contributed by atoms with Crippen LogP contribution in [0.25, 0.3) is 5.69 Å². The number of aromatic nitrogens is 2. The first-order chi connectivity index (χ1) is 14.7. The highest BCUT2D eigenvalue weighted by atomic mass is 127. The Hall–Kier alpha value is -2.88. The average Bonchev–Trinajstić information content (AvgIpc) is 3.32. The van der Waals surface area contributed by atoms with Gasteiger partial charge in [-0.15, -0.1) is 24.0 Å². The van der Waals surface area contributed by atoms with Crippen molar-refractivity contribution in [1.82, 2.24) is 25.7 Å². The van der Waals surface area contributed by atoms with Crippen molar-refractivity contribution in [2.75, 3.05) is 26.7 Å². The van der Waals surface area contributed by atoms with E-state index in [9.17, 15) is 4.79 Å². The van der Waals surface area contributed by atoms with E-state index in [0.717, 1.165) is 25.1 Å². The number of benzene rings is 2. The normalized spacial score (nSPS) is 10.8. The van der Waals surface area contributed by atoms with Gasteiger partial charge < -0.3 is 16.0 Å². The maximum atomic E-state index is 12.0. The highest BCUT2D eigenvalue weighted by Crippen LogP contribution is 2.08. The number of guanidine groups is 1. The van der Waals surface area contributed by atoms with Crippen LogP contribution < -0.4 is 16.0 Å². The van der Waals surface area contributed by atoms with Gasteiger partial charge in [0.15, 0.2) is 5.96 Å². The molecule has 0 saturated carbocycles. The Morgan fingerprint density at radius 1 is 0.903 bits per heavy atom. The molecule has 7 nitrogen and oxygen atoms in total. The lowest BCUT2D eigenvalue weighted by Crippen LogP contribution is -2.44. The molecule has 1 heterocycles. The first kappa shape index (κ1) is 24.4. The highest BCUT2D eigenvalue weighted by molar-refractivity contribution is 14.0. The first-order valence-corrected chi connectivity index (χ1v) is 10.1. The highest BCUT2D eigenvalue weighted by Gasteiger charge is 2.04. The van der Waals surface area contributed by atoms with Gasteiger partial charge in [0.05, 0.1) is 12.2 Å². The molecule has 0 saturated heterocycles. The van der Waals surface area contributed by atoms with Crippen LogP contribution >= 0.6 is 24.0 Å². The fourth-order valence-electron chi connectivity index (χ4n) is 3.00. The van der Waals surface area contributed by atoms with Crippen LogP contribution in [0, 0.1) is 0 Å². The Morgan fingerprint density at radius 2 is 1.58 bits per heavy atom. The van der Waals surface area contributed by atoms with Gasteiger partial charge in [-0.2, -0.15) is 5.10 Å². The molecule has 0 bridgehead atoms. The Morgan fingerprint density at radius 3 is 2.23 bits per heavy atom. The summed E-state index contributed by atoms with van der Waals surface area (Å²) >= 11 is 0. The second kappa shape index (κ2) is 13.4. The van der Waals surface area contributed by atoms with Crippen LogP contribution in [0.4, 0.5) is 0 Å². The van der Waals surface area contributed by atoms with Gasteiger partial charge in [-0.1, -0.05) is 42.5 Å². The molecular formula is C23H29IN6O. The monoisotopic (exact) mass is 532 g/mol. The molecule has 0 radical (unpaired) electrons. The number of amides is 1. The third-order valence-corrected chi connectivity index (χ3v) is 4.63. The quantitative estimate of drug-likeness (QED) is 0.225. The Bertz CT molecular complexity index is 926. The predicted molar refractivity (Wildman–Crippen MR) is 135 cm³/mol. The minimum absolute atomic E-state index is 0. The molecule has 2 aromatic carbocycles. The van der Waals surface area contributed by atoms with E-state index < -0.39 is 0 Å². The van der Waals surface area contributed by atoms with Crippen molar-refractivity contribution in [3.05, 3.63) is 84.2 Å². The molecule has 8 heteroatoms. The second-order valence-corrected chi connectivity index (χ2v) is 6.81. The lowest BCUT2D eigenvalue weighted by atomic mass is 10.1. The maximum Gasteiger partial charge on any atom is 0.239 e. The van der Waals surface area contributed by atoms with Gasteiger partial charge in [-0.05, 0) is 42.2 Å². The number of nitrogens with one attached hydrogen (secondary N) is 3. The summed E-state index contributed by atoms with van der Waals surface area (Å²) < 4.78 is 1.83. The zero-order chi connectivity index (χ0) is 21.0. The molecule has 0 aliphatic carbocycles. The summed E-state index contributed by atoms with van der Waals surface area (Å²) in [6, 6.07) is 20.3. The minimum atomic E-state index is -0.0527. The number of carbonyl (C=O) groups is 1. The lowest BCUT2D eigenvalue weighted by Gasteiger charge is -2.12. The van der Waals surface area contributed by atoms with Crippen molar-refractivity contribution < 1.29 is 4.79 Å². The number of nitrogens with zero attached hydrogens (tertiary/aromatic N) is 3. The zero-order valence-corrected chi connectivity index (χ0v) is 20.0. The molecule has 3 N–H and O–H groups in total. The summed E-state index contributed by atoms with van der Waals surface area (Å²) in [6.45, 7) is 1.52. The number of carbonyl (C=O) groups excluding carboxylic acids is 1. The Kier molecular flexibility index (Phi) is 10.6. The molecule has 3 rings (SSSR count). The summed E-state index contributed by atoms with van der Waals surface area (Å²) in [5, 5.41) is 13.4. The largest absolute Gasteiger partial charge is 0.356 e. The van der Waals surface area contributed by atoms with E-state index in [-0.39, 0.29) is 36.4 Å². The van der Waals surface area contributed by atoms with Gasteiger partial charge in [0.1, 0.15) is 0 Å². The molecule has 0 unspecified atom stereocenters. The number of hydrogen-bond donors (Lipinski definition) is 3. The molecule has 164 valence electrons. The first-order valence-electron chi connectivity index (χ1n) is 10.1. The van der Waals surface area contributed by atoms with Gasteiger partial charge in [-0.25, -0.2) is 4.68 Å². The van der Waals surface area contributed by atoms with Crippen LogP contribution in [0.1, 0.15) is 11.1 Å². The summed E-state index contributed by atoms with van der Waals surface area (Å²) in [7, 11) is 1.70. The fraction of sp³-hybridized carbons (Fsp3) is 0.261. The lowest BCUT2D eigenvalue weighted by molar-refractivity contribution is -0.119. The summed E-state index contributed by atoms with van der Waals surface area (Å²) in [6.07, 6.45) is 5.35. The van der Waals surface area contributed by atoms with Crippen molar-refractivity contribution in [3.8, 4) is 5.69 Å². The number of halogens is 1. The van der Waals surface area contributed by atoms with Crippen molar-refractivity contribution in [2.45, 2.75) is 12.8 Å². The molecule has 1 amide bonds. The van der Waals surface area contributed by atoms with E-state index in [4.69, 9.17) is 0 Å². The number of aliphatic imine (C=N–C) groups is 1. The molecule has 0 fully saturated rings. The zero-order valence-electron chi connectivity index (χ0n) is 17.6. The van der Waals surface area contributed by atoms with Crippen LogP contribution in [0.5, 0.6) is 0 Å². The smallest absolute Gasteiger partial charge is 0.239 e. The summed E-state index contributed by atoms with van der Waals surface area (Å²) in [5.41, 5.74) is 3.46. The third-order valence-electron chi connectivity index (χ3n) is 4.63. The molecule has 0 atom stereocenters. The van der Waals surface area contributed by atoms with Crippen molar-refractivity contribution in [1.29, 1.82) is 0 Å². The third kappa shape index (κ3) is 8.41. The maximum absolute atomic E-state index is 12.0. The molecule has 1 aromatic heterocycles. The summed E-state index contributed by atoms with van der Waals surface area (Å²) in [5.74, 6) is 0.560. The fourth-order valence-corrected chi connectivity index (χ4v) is 3.00. The predicted octanol–water partition coefficient (Wildman–Crippen LogP) is 2.56. The molecule has 0 aliphatic rings. The van der Waals surface area contributed by atoms with Crippen molar-refractivity contribution in [3.63, 3.8) is 0 Å². The van der Waals surface area contributed by atoms with Crippen LogP contribution in [0.15, 0.2) is 78.0 Å². The van der Waals surface area contributed by atoms with E-state index in [1.54, 1.807) is 13.2 Å². The van der Waals surface area contributed by atoms with E-state index >= 15 is 0 Å². The van der Waals surface area contributed by atoms with Gasteiger partial charge in [0.25, 0.3) is 0 Å². The topological polar surface area (TPSA) is 83.3 Å². The molecule has 0 aliphatic heterocycles. The van der Waals surface area contributed by atoms with Crippen molar-refractivity contribution in [2.24, 2.45) is 4.99 Å². The van der Waals surface area contributed by atoms with Gasteiger partial charge in [-0.3, -0.25) is 9.79 Å². The molecular weight excluding hydrogens is 503 g/mol. The van der Waals surface area contributed by atoms with Crippen LogP contribution in [-0.4, -0.2) is 48.3 Å².